The molecule has 0 aliphatic carbocycles. The van der Waals surface area contributed by atoms with Crippen LogP contribution in [0.15, 0.2) is 30.3 Å². The molecule has 1 atom stereocenters. The van der Waals surface area contributed by atoms with E-state index >= 15 is 0 Å². The number of H-pyrrole nitrogens is 1. The summed E-state index contributed by atoms with van der Waals surface area (Å²) in [4.78, 5) is 17.0. The fourth-order valence-corrected chi connectivity index (χ4v) is 3.46. The molecule has 1 aliphatic heterocycles. The highest BCUT2D eigenvalue weighted by Gasteiger charge is 2.25. The highest BCUT2D eigenvalue weighted by atomic mass is 16.2. The summed E-state index contributed by atoms with van der Waals surface area (Å²) in [6.07, 6.45) is 2.27. The lowest BCUT2D eigenvalue weighted by Gasteiger charge is -2.38. The van der Waals surface area contributed by atoms with Crippen molar-refractivity contribution < 1.29 is 4.79 Å². The Morgan fingerprint density at radius 3 is 2.80 bits per heavy atom. The van der Waals surface area contributed by atoms with Crippen LogP contribution < -0.4 is 10.2 Å². The zero-order valence-corrected chi connectivity index (χ0v) is 15.2. The van der Waals surface area contributed by atoms with Gasteiger partial charge in [0.1, 0.15) is 0 Å². The molecule has 0 spiro atoms. The van der Waals surface area contributed by atoms with E-state index in [1.807, 2.05) is 27.0 Å². The van der Waals surface area contributed by atoms with Crippen LogP contribution in [0.2, 0.25) is 0 Å². The lowest BCUT2D eigenvalue weighted by Crippen LogP contribution is -2.48. The third kappa shape index (κ3) is 4.20. The minimum Gasteiger partial charge on any atom is -0.370 e. The number of anilines is 2. The monoisotopic (exact) mass is 341 g/mol. The molecule has 1 aromatic carbocycles. The number of para-hydroxylation sites is 1. The van der Waals surface area contributed by atoms with Crippen molar-refractivity contribution in [2.75, 3.05) is 36.9 Å². The number of benzene rings is 1. The van der Waals surface area contributed by atoms with Gasteiger partial charge in [0.25, 0.3) is 0 Å². The summed E-state index contributed by atoms with van der Waals surface area (Å²) in [5, 5.41) is 10.0. The number of hydrogen-bond donors (Lipinski definition) is 2. The second kappa shape index (κ2) is 7.70. The summed E-state index contributed by atoms with van der Waals surface area (Å²) in [5.74, 6) is 0.00642. The van der Waals surface area contributed by atoms with E-state index < -0.39 is 0 Å². The smallest absolute Gasteiger partial charge is 0.238 e. The molecule has 1 aromatic heterocycles. The quantitative estimate of drug-likeness (QED) is 0.877. The van der Waals surface area contributed by atoms with Gasteiger partial charge in [0.15, 0.2) is 0 Å². The number of amides is 1. The van der Waals surface area contributed by atoms with Crippen LogP contribution in [0.3, 0.4) is 0 Å². The highest BCUT2D eigenvalue weighted by molar-refractivity contribution is 5.93. The van der Waals surface area contributed by atoms with E-state index in [1.165, 1.54) is 5.69 Å². The Morgan fingerprint density at radius 1 is 1.36 bits per heavy atom. The van der Waals surface area contributed by atoms with Crippen molar-refractivity contribution in [3.8, 4) is 0 Å². The molecule has 1 saturated heterocycles. The number of aryl methyl sites for hydroxylation is 2. The second-order valence-corrected chi connectivity index (χ2v) is 6.85. The first-order chi connectivity index (χ1) is 12.0. The van der Waals surface area contributed by atoms with Crippen LogP contribution in [-0.2, 0) is 4.79 Å². The lowest BCUT2D eigenvalue weighted by atomic mass is 10.0. The molecule has 2 N–H and O–H groups in total. The zero-order chi connectivity index (χ0) is 17.8. The largest absolute Gasteiger partial charge is 0.370 e. The number of aromatic nitrogens is 2. The summed E-state index contributed by atoms with van der Waals surface area (Å²) in [6, 6.07) is 10.9. The first-order valence-corrected chi connectivity index (χ1v) is 8.86. The van der Waals surface area contributed by atoms with Gasteiger partial charge in [-0.3, -0.25) is 14.8 Å². The van der Waals surface area contributed by atoms with E-state index in [1.54, 1.807) is 0 Å². The maximum absolute atomic E-state index is 12.4. The maximum Gasteiger partial charge on any atom is 0.238 e. The van der Waals surface area contributed by atoms with Crippen LogP contribution in [-0.4, -0.2) is 53.7 Å². The summed E-state index contributed by atoms with van der Waals surface area (Å²) in [5.41, 5.74) is 3.77. The molecule has 1 aliphatic rings. The Balaban J connectivity index is 1.57. The molecular formula is C19H27N5O. The SMILES string of the molecule is Cc1n[nH]c(C)c1NC(=O)CN(C)[C@H]1CCCN(c2ccccc2)C1. The van der Waals surface area contributed by atoms with Crippen LogP contribution in [0.4, 0.5) is 11.4 Å². The normalized spacial score (nSPS) is 17.8. The van der Waals surface area contributed by atoms with Crippen molar-refractivity contribution in [2.45, 2.75) is 32.7 Å². The molecule has 6 nitrogen and oxygen atoms in total. The van der Waals surface area contributed by atoms with E-state index in [-0.39, 0.29) is 5.91 Å². The number of nitrogens with one attached hydrogen (secondary N) is 2. The van der Waals surface area contributed by atoms with Gasteiger partial charge in [0, 0.05) is 24.8 Å². The van der Waals surface area contributed by atoms with Crippen molar-refractivity contribution in [1.29, 1.82) is 0 Å². The molecule has 2 aromatic rings. The number of carbonyl (C=O) groups excluding carboxylic acids is 1. The standard InChI is InChI=1S/C19H27N5O/c1-14-19(15(2)22-21-14)20-18(25)13-23(3)17-10-7-11-24(12-17)16-8-5-4-6-9-16/h4-6,8-9,17H,7,10-13H2,1-3H3,(H,20,25)(H,21,22)/t17-/m0/s1. The summed E-state index contributed by atoms with van der Waals surface area (Å²) in [6.45, 7) is 6.22. The average molecular weight is 341 g/mol. The van der Waals surface area contributed by atoms with Crippen LogP contribution in [0.1, 0.15) is 24.2 Å². The Morgan fingerprint density at radius 2 is 2.12 bits per heavy atom. The molecule has 134 valence electrons. The van der Waals surface area contributed by atoms with Crippen LogP contribution in [0, 0.1) is 13.8 Å². The summed E-state index contributed by atoms with van der Waals surface area (Å²) < 4.78 is 0. The molecule has 1 amide bonds. The predicted molar refractivity (Wildman–Crippen MR) is 101 cm³/mol. The Bertz CT molecular complexity index is 692. The fraction of sp³-hybridized carbons (Fsp3) is 0.474. The van der Waals surface area contributed by atoms with E-state index in [9.17, 15) is 4.79 Å². The Hall–Kier alpha value is -2.34. The molecule has 25 heavy (non-hydrogen) atoms. The second-order valence-electron chi connectivity index (χ2n) is 6.85. The van der Waals surface area contributed by atoms with Gasteiger partial charge in [-0.25, -0.2) is 0 Å². The van der Waals surface area contributed by atoms with Gasteiger partial charge in [-0.05, 0) is 45.9 Å². The molecule has 0 bridgehead atoms. The van der Waals surface area contributed by atoms with E-state index in [2.05, 4.69) is 49.6 Å². The van der Waals surface area contributed by atoms with Gasteiger partial charge in [-0.15, -0.1) is 0 Å². The van der Waals surface area contributed by atoms with Crippen LogP contribution >= 0.6 is 0 Å². The number of piperidine rings is 1. The number of hydrogen-bond acceptors (Lipinski definition) is 4. The molecule has 6 heteroatoms. The van der Waals surface area contributed by atoms with Gasteiger partial charge in [0.2, 0.25) is 5.91 Å². The van der Waals surface area contributed by atoms with Crippen molar-refractivity contribution in [1.82, 2.24) is 15.1 Å². The van der Waals surface area contributed by atoms with Gasteiger partial charge < -0.3 is 10.2 Å². The van der Waals surface area contributed by atoms with Gasteiger partial charge in [-0.1, -0.05) is 18.2 Å². The Labute approximate surface area is 149 Å². The fourth-order valence-electron chi connectivity index (χ4n) is 3.46. The topological polar surface area (TPSA) is 64.3 Å². The highest BCUT2D eigenvalue weighted by Crippen LogP contribution is 2.22. The number of nitrogens with zero attached hydrogens (tertiary/aromatic N) is 3. The van der Waals surface area contributed by atoms with Crippen molar-refractivity contribution in [2.24, 2.45) is 0 Å². The summed E-state index contributed by atoms with van der Waals surface area (Å²) >= 11 is 0. The molecule has 0 radical (unpaired) electrons. The van der Waals surface area contributed by atoms with Crippen molar-refractivity contribution in [3.63, 3.8) is 0 Å². The van der Waals surface area contributed by atoms with Crippen LogP contribution in [0.5, 0.6) is 0 Å². The zero-order valence-electron chi connectivity index (χ0n) is 15.2. The van der Waals surface area contributed by atoms with Crippen LogP contribution in [0.25, 0.3) is 0 Å². The molecular weight excluding hydrogens is 314 g/mol. The molecule has 3 rings (SSSR count). The first-order valence-electron chi connectivity index (χ1n) is 8.86. The van der Waals surface area contributed by atoms with E-state index in [4.69, 9.17) is 0 Å². The van der Waals surface area contributed by atoms with Gasteiger partial charge >= 0.3 is 0 Å². The van der Waals surface area contributed by atoms with E-state index in [0.29, 0.717) is 12.6 Å². The minimum absolute atomic E-state index is 0.00642. The molecule has 0 saturated carbocycles. The average Bonchev–Trinajstić information content (AvgIpc) is 2.94. The minimum atomic E-state index is 0.00642. The number of carbonyl (C=O) groups is 1. The third-order valence-electron chi connectivity index (χ3n) is 4.93. The molecule has 2 heterocycles. The molecule has 0 unspecified atom stereocenters. The Kier molecular flexibility index (Phi) is 5.38. The number of rotatable bonds is 5. The first kappa shape index (κ1) is 17.5. The summed E-state index contributed by atoms with van der Waals surface area (Å²) in [7, 11) is 2.04. The van der Waals surface area contributed by atoms with Gasteiger partial charge in [0.05, 0.1) is 23.6 Å². The lowest BCUT2D eigenvalue weighted by molar-refractivity contribution is -0.117. The molecule has 1 fully saturated rings. The van der Waals surface area contributed by atoms with Gasteiger partial charge in [-0.2, -0.15) is 5.10 Å². The third-order valence-corrected chi connectivity index (χ3v) is 4.93. The van der Waals surface area contributed by atoms with E-state index in [0.717, 1.165) is 43.0 Å². The predicted octanol–water partition coefficient (Wildman–Crippen LogP) is 2.57. The maximum atomic E-state index is 12.4. The van der Waals surface area contributed by atoms with Crippen molar-refractivity contribution in [3.05, 3.63) is 41.7 Å². The number of aromatic amines is 1. The number of likely N-dealkylation sites (N-methyl/N-ethyl adjacent to an activating group) is 1. The van der Waals surface area contributed by atoms with Crippen molar-refractivity contribution >= 4 is 17.3 Å².